The highest BCUT2D eigenvalue weighted by atomic mass is 16.3. The first-order valence-electron chi connectivity index (χ1n) is 9.04. The zero-order valence-electron chi connectivity index (χ0n) is 15.1. The average Bonchev–Trinajstić information content (AvgIpc) is 3.27. The molecule has 0 amide bonds. The number of hydrogen-bond donors (Lipinski definition) is 1. The van der Waals surface area contributed by atoms with E-state index in [1.165, 1.54) is 10.9 Å². The lowest BCUT2D eigenvalue weighted by Gasteiger charge is -2.09. The van der Waals surface area contributed by atoms with E-state index in [-0.39, 0.29) is 5.75 Å². The van der Waals surface area contributed by atoms with E-state index < -0.39 is 0 Å². The summed E-state index contributed by atoms with van der Waals surface area (Å²) in [5.41, 5.74) is 5.34. The predicted molar refractivity (Wildman–Crippen MR) is 104 cm³/mol. The van der Waals surface area contributed by atoms with E-state index in [2.05, 4.69) is 41.8 Å². The smallest absolute Gasteiger partial charge is 0.115 e. The summed E-state index contributed by atoms with van der Waals surface area (Å²) in [4.78, 5) is 0. The van der Waals surface area contributed by atoms with Crippen LogP contribution >= 0.6 is 0 Å². The molecule has 0 aliphatic carbocycles. The maximum absolute atomic E-state index is 9.53. The van der Waals surface area contributed by atoms with Gasteiger partial charge in [0, 0.05) is 17.5 Å². The molecule has 0 radical (unpaired) electrons. The Balaban J connectivity index is 1.84. The third kappa shape index (κ3) is 2.75. The number of hydrogen-bond acceptors (Lipinski definition) is 3. The second-order valence-electron chi connectivity index (χ2n) is 6.40. The molecule has 4 rings (SSSR count). The van der Waals surface area contributed by atoms with Crippen molar-refractivity contribution in [1.29, 1.82) is 0 Å². The van der Waals surface area contributed by atoms with Crippen molar-refractivity contribution in [2.45, 2.75) is 33.2 Å². The largest absolute Gasteiger partial charge is 0.508 e. The number of benzene rings is 2. The first kappa shape index (κ1) is 16.4. The Labute approximate surface area is 152 Å². The van der Waals surface area contributed by atoms with Crippen LogP contribution in [-0.4, -0.2) is 24.7 Å². The molecular formula is C21H22N4O. The van der Waals surface area contributed by atoms with E-state index in [0.717, 1.165) is 42.0 Å². The number of aryl methyl sites for hydroxylation is 2. The van der Waals surface area contributed by atoms with Crippen molar-refractivity contribution >= 4 is 10.9 Å². The summed E-state index contributed by atoms with van der Waals surface area (Å²) in [6, 6.07) is 15.6. The second kappa shape index (κ2) is 6.67. The second-order valence-corrected chi connectivity index (χ2v) is 6.40. The van der Waals surface area contributed by atoms with Crippen LogP contribution in [0.2, 0.25) is 0 Å². The number of aromatic nitrogens is 4. The molecule has 0 bridgehead atoms. The van der Waals surface area contributed by atoms with Gasteiger partial charge in [0.05, 0.1) is 28.8 Å². The molecule has 5 nitrogen and oxygen atoms in total. The Morgan fingerprint density at radius 2 is 1.81 bits per heavy atom. The van der Waals surface area contributed by atoms with Gasteiger partial charge < -0.3 is 5.11 Å². The van der Waals surface area contributed by atoms with Crippen LogP contribution in [0.4, 0.5) is 0 Å². The fraction of sp³-hybridized carbons (Fsp3) is 0.238. The molecule has 0 aliphatic rings. The molecule has 0 atom stereocenters. The van der Waals surface area contributed by atoms with Gasteiger partial charge in [-0.2, -0.15) is 10.2 Å². The van der Waals surface area contributed by atoms with E-state index in [1.54, 1.807) is 18.3 Å². The van der Waals surface area contributed by atoms with Gasteiger partial charge in [0.25, 0.3) is 0 Å². The Morgan fingerprint density at radius 3 is 2.54 bits per heavy atom. The Kier molecular flexibility index (Phi) is 4.21. The van der Waals surface area contributed by atoms with Gasteiger partial charge in [0.1, 0.15) is 5.75 Å². The third-order valence-corrected chi connectivity index (χ3v) is 4.63. The summed E-state index contributed by atoms with van der Waals surface area (Å²) in [5.74, 6) is 0.249. The lowest BCUT2D eigenvalue weighted by Crippen LogP contribution is -2.00. The fourth-order valence-corrected chi connectivity index (χ4v) is 3.37. The van der Waals surface area contributed by atoms with Crippen LogP contribution in [0.15, 0.2) is 54.7 Å². The first-order valence-corrected chi connectivity index (χ1v) is 9.04. The number of nitrogens with zero attached hydrogens (tertiary/aromatic N) is 4. The molecule has 0 fully saturated rings. The van der Waals surface area contributed by atoms with Gasteiger partial charge in [-0.3, -0.25) is 4.68 Å². The molecule has 2 aromatic heterocycles. The van der Waals surface area contributed by atoms with Crippen LogP contribution in [0.25, 0.3) is 27.8 Å². The van der Waals surface area contributed by atoms with Crippen LogP contribution in [0.3, 0.4) is 0 Å². The third-order valence-electron chi connectivity index (χ3n) is 4.63. The highest BCUT2D eigenvalue weighted by Gasteiger charge is 2.13. The summed E-state index contributed by atoms with van der Waals surface area (Å²) in [6.07, 6.45) is 3.78. The molecular weight excluding hydrogens is 324 g/mol. The van der Waals surface area contributed by atoms with E-state index in [0.29, 0.717) is 0 Å². The maximum Gasteiger partial charge on any atom is 0.115 e. The zero-order valence-corrected chi connectivity index (χ0v) is 15.1. The van der Waals surface area contributed by atoms with Crippen molar-refractivity contribution in [3.8, 4) is 22.7 Å². The Hall–Kier alpha value is -3.08. The molecule has 132 valence electrons. The van der Waals surface area contributed by atoms with E-state index in [1.807, 2.05) is 22.9 Å². The monoisotopic (exact) mass is 346 g/mol. The standard InChI is InChI=1S/C21H22N4O/c1-3-13-24-21-14-15(5-10-18(21)19(4-2)23-24)20-11-12-22-25(20)16-6-8-17(26)9-7-16/h5-12,14,26H,3-4,13H2,1-2H3. The molecule has 0 unspecified atom stereocenters. The van der Waals surface area contributed by atoms with Crippen molar-refractivity contribution in [3.63, 3.8) is 0 Å². The van der Waals surface area contributed by atoms with Crippen molar-refractivity contribution in [1.82, 2.24) is 19.6 Å². The molecule has 0 saturated carbocycles. The highest BCUT2D eigenvalue weighted by Crippen LogP contribution is 2.28. The number of aromatic hydroxyl groups is 1. The minimum Gasteiger partial charge on any atom is -0.508 e. The van der Waals surface area contributed by atoms with Gasteiger partial charge in [-0.05, 0) is 49.2 Å². The maximum atomic E-state index is 9.53. The summed E-state index contributed by atoms with van der Waals surface area (Å²) >= 11 is 0. The minimum atomic E-state index is 0.249. The molecule has 4 aromatic rings. The first-order chi connectivity index (χ1) is 12.7. The van der Waals surface area contributed by atoms with Gasteiger partial charge in [0.2, 0.25) is 0 Å². The van der Waals surface area contributed by atoms with Gasteiger partial charge >= 0.3 is 0 Å². The fourth-order valence-electron chi connectivity index (χ4n) is 3.37. The molecule has 0 saturated heterocycles. The predicted octanol–water partition coefficient (Wildman–Crippen LogP) is 4.57. The molecule has 5 heteroatoms. The Morgan fingerprint density at radius 1 is 1.00 bits per heavy atom. The lowest BCUT2D eigenvalue weighted by atomic mass is 10.1. The van der Waals surface area contributed by atoms with Gasteiger partial charge in [0.15, 0.2) is 0 Å². The van der Waals surface area contributed by atoms with Crippen LogP contribution in [0.1, 0.15) is 26.0 Å². The van der Waals surface area contributed by atoms with Crippen molar-refractivity contribution < 1.29 is 5.11 Å². The van der Waals surface area contributed by atoms with E-state index in [9.17, 15) is 5.11 Å². The topological polar surface area (TPSA) is 55.9 Å². The summed E-state index contributed by atoms with van der Waals surface area (Å²) in [6.45, 7) is 5.23. The highest BCUT2D eigenvalue weighted by molar-refractivity contribution is 5.86. The van der Waals surface area contributed by atoms with Crippen LogP contribution < -0.4 is 0 Å². The Bertz CT molecular complexity index is 1040. The van der Waals surface area contributed by atoms with Crippen molar-refractivity contribution in [3.05, 3.63) is 60.4 Å². The number of fused-ring (bicyclic) bond motifs is 1. The molecule has 0 aliphatic heterocycles. The normalized spacial score (nSPS) is 11.3. The quantitative estimate of drug-likeness (QED) is 0.576. The molecule has 26 heavy (non-hydrogen) atoms. The van der Waals surface area contributed by atoms with Crippen molar-refractivity contribution in [2.24, 2.45) is 0 Å². The number of rotatable bonds is 5. The van der Waals surface area contributed by atoms with E-state index >= 15 is 0 Å². The number of phenolic OH excluding ortho intramolecular Hbond substituents is 1. The van der Waals surface area contributed by atoms with Crippen LogP contribution in [0.5, 0.6) is 5.75 Å². The molecule has 2 heterocycles. The summed E-state index contributed by atoms with van der Waals surface area (Å²) < 4.78 is 4.00. The molecule has 2 aromatic carbocycles. The van der Waals surface area contributed by atoms with Gasteiger partial charge in [-0.15, -0.1) is 0 Å². The average molecular weight is 346 g/mol. The summed E-state index contributed by atoms with van der Waals surface area (Å²) in [7, 11) is 0. The van der Waals surface area contributed by atoms with Gasteiger partial charge in [-0.25, -0.2) is 4.68 Å². The zero-order chi connectivity index (χ0) is 18.1. The summed E-state index contributed by atoms with van der Waals surface area (Å²) in [5, 5.41) is 20.0. The minimum absolute atomic E-state index is 0.249. The van der Waals surface area contributed by atoms with Crippen molar-refractivity contribution in [2.75, 3.05) is 0 Å². The molecule has 1 N–H and O–H groups in total. The molecule has 0 spiro atoms. The van der Waals surface area contributed by atoms with Gasteiger partial charge in [-0.1, -0.05) is 26.0 Å². The SMILES string of the molecule is CCCn1nc(CC)c2ccc(-c3ccnn3-c3ccc(O)cc3)cc21. The van der Waals surface area contributed by atoms with Crippen LogP contribution in [0, 0.1) is 0 Å². The van der Waals surface area contributed by atoms with Crippen LogP contribution in [-0.2, 0) is 13.0 Å². The lowest BCUT2D eigenvalue weighted by molar-refractivity contribution is 0.475. The van der Waals surface area contributed by atoms with E-state index in [4.69, 9.17) is 5.10 Å². The number of phenols is 1.